The topological polar surface area (TPSA) is 41.6 Å². The molecule has 4 nitrogen and oxygen atoms in total. The molecule has 0 saturated heterocycles. The molecular weight excluding hydrogens is 336 g/mol. The number of benzene rings is 2. The number of anilines is 2. The van der Waals surface area contributed by atoms with Gasteiger partial charge in [0.15, 0.2) is 0 Å². The van der Waals surface area contributed by atoms with Gasteiger partial charge in [-0.15, -0.1) is 0 Å². The second-order valence-electron chi connectivity index (χ2n) is 6.88. The van der Waals surface area contributed by atoms with Crippen molar-refractivity contribution in [2.24, 2.45) is 0 Å². The van der Waals surface area contributed by atoms with Gasteiger partial charge in [-0.1, -0.05) is 37.3 Å². The van der Waals surface area contributed by atoms with Crippen molar-refractivity contribution in [3.8, 4) is 5.75 Å². The van der Waals surface area contributed by atoms with E-state index < -0.39 is 0 Å². The first kappa shape index (κ1) is 19.0. The van der Waals surface area contributed by atoms with Crippen molar-refractivity contribution in [1.29, 1.82) is 0 Å². The lowest BCUT2D eigenvalue weighted by Gasteiger charge is -2.23. The molecule has 1 heterocycles. The van der Waals surface area contributed by atoms with E-state index in [2.05, 4.69) is 30.4 Å². The highest BCUT2D eigenvalue weighted by molar-refractivity contribution is 5.98. The van der Waals surface area contributed by atoms with Crippen molar-refractivity contribution in [1.82, 2.24) is 0 Å². The summed E-state index contributed by atoms with van der Waals surface area (Å²) >= 11 is 0. The fraction of sp³-hybridized carbons (Fsp3) is 0.348. The van der Waals surface area contributed by atoms with Gasteiger partial charge < -0.3 is 15.0 Å². The Morgan fingerprint density at radius 3 is 2.85 bits per heavy atom. The molecule has 0 radical (unpaired) electrons. The molecule has 2 aromatic rings. The molecule has 0 saturated carbocycles. The quantitative estimate of drug-likeness (QED) is 0.793. The van der Waals surface area contributed by atoms with Crippen molar-refractivity contribution in [3.05, 3.63) is 59.7 Å². The average Bonchev–Trinajstić information content (AvgIpc) is 2.78. The molecule has 1 amide bonds. The van der Waals surface area contributed by atoms with Gasteiger partial charge in [0.25, 0.3) is 0 Å². The van der Waals surface area contributed by atoms with E-state index in [1.54, 1.807) is 0 Å². The highest BCUT2D eigenvalue weighted by Crippen LogP contribution is 2.30. The minimum atomic E-state index is 0.121. The van der Waals surface area contributed by atoms with Crippen LogP contribution in [0, 0.1) is 0 Å². The maximum absolute atomic E-state index is 12.7. The summed E-state index contributed by atoms with van der Waals surface area (Å²) in [7, 11) is 0. The number of nitrogens with zero attached hydrogens (tertiary/aromatic N) is 1. The van der Waals surface area contributed by atoms with Crippen LogP contribution in [0.15, 0.2) is 48.5 Å². The third kappa shape index (κ3) is 4.51. The number of carbonyl (C=O) groups excluding carboxylic acids is 1. The van der Waals surface area contributed by atoms with Crippen LogP contribution in [-0.4, -0.2) is 25.1 Å². The van der Waals surface area contributed by atoms with E-state index in [0.717, 1.165) is 23.5 Å². The summed E-state index contributed by atoms with van der Waals surface area (Å²) in [6, 6.07) is 14.3. The number of rotatable bonds is 6. The maximum atomic E-state index is 12.7. The lowest BCUT2D eigenvalue weighted by atomic mass is 10.1. The minimum Gasteiger partial charge on any atom is -0.491 e. The number of hydrogen-bond donors (Lipinski definition) is 1. The molecule has 4 heteroatoms. The molecule has 1 aliphatic heterocycles. The van der Waals surface area contributed by atoms with Crippen molar-refractivity contribution >= 4 is 23.4 Å². The fourth-order valence-corrected chi connectivity index (χ4v) is 3.46. The Bertz CT molecular complexity index is 829. The Balaban J connectivity index is 1.72. The molecular formula is C23H28N2O2. The maximum Gasteiger partial charge on any atom is 0.229 e. The molecule has 0 aromatic heterocycles. The predicted octanol–water partition coefficient (Wildman–Crippen LogP) is 4.90. The van der Waals surface area contributed by atoms with E-state index >= 15 is 0 Å². The number of para-hydroxylation sites is 2. The largest absolute Gasteiger partial charge is 0.491 e. The van der Waals surface area contributed by atoms with Gasteiger partial charge in [-0.25, -0.2) is 0 Å². The lowest BCUT2D eigenvalue weighted by molar-refractivity contribution is -0.118. The first-order valence-corrected chi connectivity index (χ1v) is 9.66. The smallest absolute Gasteiger partial charge is 0.229 e. The van der Waals surface area contributed by atoms with Crippen LogP contribution in [0.5, 0.6) is 5.75 Å². The third-order valence-electron chi connectivity index (χ3n) is 4.78. The van der Waals surface area contributed by atoms with Gasteiger partial charge in [-0.3, -0.25) is 4.79 Å². The zero-order valence-corrected chi connectivity index (χ0v) is 16.4. The number of allylic oxidation sites excluding steroid dienone is 1. The van der Waals surface area contributed by atoms with Crippen molar-refractivity contribution in [2.75, 3.05) is 23.4 Å². The fourth-order valence-electron chi connectivity index (χ4n) is 3.46. The van der Waals surface area contributed by atoms with Crippen molar-refractivity contribution in [3.63, 3.8) is 0 Å². The van der Waals surface area contributed by atoms with Gasteiger partial charge in [0.1, 0.15) is 12.4 Å². The van der Waals surface area contributed by atoms with Gasteiger partial charge in [-0.05, 0) is 55.7 Å². The molecule has 0 spiro atoms. The molecule has 2 aromatic carbocycles. The Kier molecular flexibility index (Phi) is 6.17. The molecule has 0 unspecified atom stereocenters. The van der Waals surface area contributed by atoms with E-state index in [4.69, 9.17) is 4.74 Å². The van der Waals surface area contributed by atoms with Crippen LogP contribution in [0.25, 0.3) is 6.08 Å². The number of ether oxygens (including phenoxy) is 1. The van der Waals surface area contributed by atoms with Crippen molar-refractivity contribution < 1.29 is 9.53 Å². The predicted molar refractivity (Wildman–Crippen MR) is 113 cm³/mol. The first-order valence-electron chi connectivity index (χ1n) is 9.66. The van der Waals surface area contributed by atoms with Crippen LogP contribution < -0.4 is 15.0 Å². The van der Waals surface area contributed by atoms with Crippen LogP contribution >= 0.6 is 0 Å². The minimum absolute atomic E-state index is 0.121. The Labute approximate surface area is 161 Å². The lowest BCUT2D eigenvalue weighted by Crippen LogP contribution is -2.35. The number of amides is 1. The summed E-state index contributed by atoms with van der Waals surface area (Å²) in [5, 5.41) is 3.42. The number of carbonyl (C=O) groups is 1. The molecule has 1 N–H and O–H groups in total. The van der Waals surface area contributed by atoms with E-state index in [0.29, 0.717) is 19.6 Å². The molecule has 1 atom stereocenters. The third-order valence-corrected chi connectivity index (χ3v) is 4.78. The monoisotopic (exact) mass is 364 g/mol. The summed E-state index contributed by atoms with van der Waals surface area (Å²) in [5.74, 6) is 1.02. The van der Waals surface area contributed by atoms with Gasteiger partial charge in [-0.2, -0.15) is 0 Å². The van der Waals surface area contributed by atoms with Crippen LogP contribution in [0.2, 0.25) is 0 Å². The molecule has 0 fully saturated rings. The second kappa shape index (κ2) is 8.76. The highest BCUT2D eigenvalue weighted by Gasteiger charge is 2.25. The van der Waals surface area contributed by atoms with Crippen LogP contribution in [0.1, 0.15) is 38.3 Å². The van der Waals surface area contributed by atoms with Gasteiger partial charge in [0.2, 0.25) is 5.91 Å². The standard InChI is InChI=1S/C23H28N2O2/c1-4-8-18-11-12-22(19(5-2)16-18)27-14-13-25-21-10-7-6-9-20(21)24-17(3)15-23(25)26/h4,6-12,16-17,24H,5,13-15H2,1-3H3/b8-4+/t17-/m1/s1. The first-order chi connectivity index (χ1) is 13.1. The number of hydrogen-bond acceptors (Lipinski definition) is 3. The van der Waals surface area contributed by atoms with Crippen LogP contribution in [0.3, 0.4) is 0 Å². The highest BCUT2D eigenvalue weighted by atomic mass is 16.5. The van der Waals surface area contributed by atoms with E-state index in [1.165, 1.54) is 11.1 Å². The molecule has 1 aliphatic rings. The van der Waals surface area contributed by atoms with Crippen molar-refractivity contribution in [2.45, 2.75) is 39.7 Å². The SMILES string of the molecule is C/C=C/c1ccc(OCCN2C(=O)C[C@@H](C)Nc3ccccc32)c(CC)c1. The molecule has 0 aliphatic carbocycles. The summed E-state index contributed by atoms with van der Waals surface area (Å²) in [5.41, 5.74) is 4.29. The van der Waals surface area contributed by atoms with E-state index in [9.17, 15) is 4.79 Å². The molecule has 0 bridgehead atoms. The van der Waals surface area contributed by atoms with E-state index in [1.807, 2.05) is 55.2 Å². The summed E-state index contributed by atoms with van der Waals surface area (Å²) in [4.78, 5) is 14.5. The molecule has 3 rings (SSSR count). The van der Waals surface area contributed by atoms with Gasteiger partial charge in [0, 0.05) is 12.5 Å². The normalized spacial score (nSPS) is 16.8. The Hall–Kier alpha value is -2.75. The Morgan fingerprint density at radius 1 is 1.26 bits per heavy atom. The second-order valence-corrected chi connectivity index (χ2v) is 6.88. The molecule has 142 valence electrons. The average molecular weight is 364 g/mol. The number of nitrogens with one attached hydrogen (secondary N) is 1. The van der Waals surface area contributed by atoms with Gasteiger partial charge >= 0.3 is 0 Å². The summed E-state index contributed by atoms with van der Waals surface area (Å²) in [6.07, 6.45) is 5.51. The summed E-state index contributed by atoms with van der Waals surface area (Å²) < 4.78 is 6.06. The number of fused-ring (bicyclic) bond motifs is 1. The zero-order valence-electron chi connectivity index (χ0n) is 16.4. The van der Waals surface area contributed by atoms with E-state index in [-0.39, 0.29) is 11.9 Å². The molecule has 27 heavy (non-hydrogen) atoms. The Morgan fingerprint density at radius 2 is 2.07 bits per heavy atom. The number of aryl methyl sites for hydroxylation is 1. The van der Waals surface area contributed by atoms with Crippen LogP contribution in [-0.2, 0) is 11.2 Å². The van der Waals surface area contributed by atoms with Crippen LogP contribution in [0.4, 0.5) is 11.4 Å². The zero-order chi connectivity index (χ0) is 19.2. The summed E-state index contributed by atoms with van der Waals surface area (Å²) in [6.45, 7) is 7.17. The van der Waals surface area contributed by atoms with Gasteiger partial charge in [0.05, 0.1) is 17.9 Å².